The average Bonchev–Trinajstić information content (AvgIpc) is 3.65. The molecule has 4 heterocycles. The molecule has 0 amide bonds. The van der Waals surface area contributed by atoms with Gasteiger partial charge in [-0.15, -0.1) is 0 Å². The molecule has 2 saturated carbocycles. The van der Waals surface area contributed by atoms with Crippen molar-refractivity contribution in [3.05, 3.63) is 102 Å². The van der Waals surface area contributed by atoms with Crippen molar-refractivity contribution >= 4 is 45.7 Å². The largest absolute Gasteiger partial charge is 0.478 e. The number of carboxylic acid groups (broad SMARTS) is 1. The fraction of sp³-hybridized carbons (Fsp3) is 0.385. The number of aromatic nitrogens is 2. The number of hydrogen-bond acceptors (Lipinski definition) is 9. The van der Waals surface area contributed by atoms with Gasteiger partial charge in [0, 0.05) is 40.4 Å². The van der Waals surface area contributed by atoms with Gasteiger partial charge in [0.25, 0.3) is 0 Å². The van der Waals surface area contributed by atoms with Crippen LogP contribution in [0.1, 0.15) is 111 Å². The predicted molar refractivity (Wildman–Crippen MR) is 242 cm³/mol. The third kappa shape index (κ3) is 8.10. The summed E-state index contributed by atoms with van der Waals surface area (Å²) >= 11 is 0. The Labute approximate surface area is 372 Å². The van der Waals surface area contributed by atoms with Gasteiger partial charge in [-0.2, -0.15) is 0 Å². The Hall–Kier alpha value is -6.56. The third-order valence-electron chi connectivity index (χ3n) is 13.2. The van der Waals surface area contributed by atoms with Crippen molar-refractivity contribution < 1.29 is 48.0 Å². The average molecular weight is 867 g/mol. The lowest BCUT2D eigenvalue weighted by atomic mass is 9.81. The number of methoxy groups -OCH3 is 1. The molecule has 332 valence electrons. The highest BCUT2D eigenvalue weighted by atomic mass is 16.6. The second-order valence-corrected chi connectivity index (χ2v) is 17.2. The second-order valence-electron chi connectivity index (χ2n) is 17.2. The molecule has 6 aromatic rings. The van der Waals surface area contributed by atoms with Crippen molar-refractivity contribution in [1.82, 2.24) is 9.13 Å². The van der Waals surface area contributed by atoms with Gasteiger partial charge >= 0.3 is 23.9 Å². The number of para-hydroxylation sites is 2. The van der Waals surface area contributed by atoms with Gasteiger partial charge < -0.3 is 37.9 Å². The van der Waals surface area contributed by atoms with E-state index in [2.05, 4.69) is 16.7 Å². The number of benzene rings is 4. The Kier molecular flexibility index (Phi) is 12.2. The first kappa shape index (κ1) is 42.7. The van der Waals surface area contributed by atoms with Crippen LogP contribution in [0.4, 0.5) is 0 Å². The van der Waals surface area contributed by atoms with Crippen molar-refractivity contribution in [2.45, 2.75) is 115 Å². The molecular formula is C52H54N2O10. The molecule has 2 fully saturated rings. The van der Waals surface area contributed by atoms with Crippen molar-refractivity contribution in [1.29, 1.82) is 0 Å². The first-order valence-corrected chi connectivity index (χ1v) is 22.7. The smallest absolute Gasteiger partial charge is 0.349 e. The Morgan fingerprint density at radius 3 is 1.72 bits per heavy atom. The van der Waals surface area contributed by atoms with Crippen LogP contribution in [-0.2, 0) is 36.9 Å². The SMILES string of the molecule is CCOC(=O)C1Cn2c(c(C3CCCCC3)c3ccc(OC(C)=O)cc32)-c2ccccc2O1.COC(=O)c1ccc2c(C3CCCCC3)c3n(c2c1)CC(C(=O)O)Oc1ccccc1-3. The third-order valence-corrected chi connectivity index (χ3v) is 13.2. The highest BCUT2D eigenvalue weighted by Gasteiger charge is 2.36. The lowest BCUT2D eigenvalue weighted by Crippen LogP contribution is -2.33. The van der Waals surface area contributed by atoms with Gasteiger partial charge in [-0.3, -0.25) is 4.79 Å². The first-order chi connectivity index (χ1) is 31.1. The second kappa shape index (κ2) is 18.3. The number of carboxylic acids is 1. The standard InChI is InChI=1S/C27H29NO5.C25H25NO5/c1-3-31-27(30)24-16-28-22-15-19(32-17(2)29)13-14-20(22)25(18-9-5-4-6-10-18)26(28)21-11-7-8-12-23(21)33-24;1-30-25(29)16-11-12-17-19(13-16)26-14-21(24(27)28)31-20-10-6-5-9-18(20)23(26)22(17)15-7-3-2-4-8-15/h7-8,11-15,18,24H,3-6,9-10,16H2,1-2H3;5-6,9-13,15,21H,2-4,7-8,14H2,1H3,(H,27,28). The van der Waals surface area contributed by atoms with Gasteiger partial charge in [-0.05, 0) is 104 Å². The maximum atomic E-state index is 12.8. The van der Waals surface area contributed by atoms with E-state index in [0.717, 1.165) is 70.0 Å². The summed E-state index contributed by atoms with van der Waals surface area (Å²) in [6.45, 7) is 4.00. The molecule has 64 heavy (non-hydrogen) atoms. The molecule has 0 bridgehead atoms. The summed E-state index contributed by atoms with van der Waals surface area (Å²) in [7, 11) is 1.36. The van der Waals surface area contributed by atoms with E-state index in [1.54, 1.807) is 13.0 Å². The van der Waals surface area contributed by atoms with Crippen molar-refractivity contribution in [3.63, 3.8) is 0 Å². The van der Waals surface area contributed by atoms with Gasteiger partial charge in [0.2, 0.25) is 12.2 Å². The minimum Gasteiger partial charge on any atom is -0.478 e. The lowest BCUT2D eigenvalue weighted by molar-refractivity contribution is -0.152. The van der Waals surface area contributed by atoms with Crippen LogP contribution in [0.15, 0.2) is 84.9 Å². The van der Waals surface area contributed by atoms with Crippen LogP contribution < -0.4 is 14.2 Å². The normalized spacial score (nSPS) is 18.3. The number of rotatable bonds is 7. The topological polar surface area (TPSA) is 145 Å². The molecule has 12 heteroatoms. The fourth-order valence-electron chi connectivity index (χ4n) is 10.5. The van der Waals surface area contributed by atoms with E-state index in [1.165, 1.54) is 63.7 Å². The van der Waals surface area contributed by atoms with Crippen molar-refractivity contribution in [2.75, 3.05) is 13.7 Å². The molecule has 2 aromatic heterocycles. The zero-order chi connectivity index (χ0) is 44.5. The van der Waals surface area contributed by atoms with Gasteiger partial charge in [0.1, 0.15) is 17.2 Å². The number of nitrogens with zero attached hydrogens (tertiary/aromatic N) is 2. The number of carbonyl (C=O) groups is 4. The number of ether oxygens (including phenoxy) is 5. The van der Waals surface area contributed by atoms with E-state index < -0.39 is 24.1 Å². The maximum absolute atomic E-state index is 12.8. The van der Waals surface area contributed by atoms with Crippen molar-refractivity contribution in [2.24, 2.45) is 0 Å². The van der Waals surface area contributed by atoms with Gasteiger partial charge in [-0.25, -0.2) is 14.4 Å². The van der Waals surface area contributed by atoms with Crippen LogP contribution in [0.25, 0.3) is 44.3 Å². The highest BCUT2D eigenvalue weighted by molar-refractivity contribution is 6.00. The summed E-state index contributed by atoms with van der Waals surface area (Å²) < 4.78 is 32.0. The lowest BCUT2D eigenvalue weighted by Gasteiger charge is -2.23. The van der Waals surface area contributed by atoms with E-state index in [4.69, 9.17) is 23.7 Å². The van der Waals surface area contributed by atoms with Gasteiger partial charge in [-0.1, -0.05) is 68.9 Å². The molecular weight excluding hydrogens is 813 g/mol. The summed E-state index contributed by atoms with van der Waals surface area (Å²) in [5, 5.41) is 12.0. The summed E-state index contributed by atoms with van der Waals surface area (Å²) in [4.78, 5) is 48.6. The van der Waals surface area contributed by atoms with Gasteiger partial charge in [0.05, 0.1) is 49.3 Å². The van der Waals surface area contributed by atoms with Gasteiger partial charge in [0.15, 0.2) is 0 Å². The quantitative estimate of drug-likeness (QED) is 0.122. The first-order valence-electron chi connectivity index (χ1n) is 22.7. The molecule has 0 radical (unpaired) electrons. The van der Waals surface area contributed by atoms with Crippen molar-refractivity contribution in [3.8, 4) is 39.8 Å². The van der Waals surface area contributed by atoms with E-state index in [0.29, 0.717) is 47.8 Å². The summed E-state index contributed by atoms with van der Waals surface area (Å²) in [6.07, 6.45) is 10.0. The summed E-state index contributed by atoms with van der Waals surface area (Å²) in [5.74, 6) is 0.451. The molecule has 12 nitrogen and oxygen atoms in total. The van der Waals surface area contributed by atoms with E-state index >= 15 is 0 Å². The van der Waals surface area contributed by atoms with E-state index in [-0.39, 0.29) is 18.5 Å². The van der Waals surface area contributed by atoms with Crippen LogP contribution in [0, 0.1) is 0 Å². The fourth-order valence-corrected chi connectivity index (χ4v) is 10.5. The van der Waals surface area contributed by atoms with Crippen LogP contribution in [0.3, 0.4) is 0 Å². The monoisotopic (exact) mass is 866 g/mol. The molecule has 2 unspecified atom stereocenters. The molecule has 0 saturated heterocycles. The zero-order valence-electron chi connectivity index (χ0n) is 36.6. The number of aliphatic carboxylic acids is 1. The maximum Gasteiger partial charge on any atom is 0.349 e. The summed E-state index contributed by atoms with van der Waals surface area (Å²) in [6, 6.07) is 27.0. The molecule has 4 aliphatic rings. The highest BCUT2D eigenvalue weighted by Crippen LogP contribution is 2.50. The number of esters is 3. The number of carbonyl (C=O) groups excluding carboxylic acids is 3. The molecule has 1 N–H and O–H groups in total. The molecule has 4 aromatic carbocycles. The van der Waals surface area contributed by atoms with E-state index in [1.807, 2.05) is 71.3 Å². The predicted octanol–water partition coefficient (Wildman–Crippen LogP) is 10.6. The number of fused-ring (bicyclic) bond motifs is 10. The Morgan fingerprint density at radius 2 is 1.19 bits per heavy atom. The summed E-state index contributed by atoms with van der Waals surface area (Å²) in [5.41, 5.74) is 8.80. The van der Waals surface area contributed by atoms with Crippen LogP contribution in [-0.4, -0.2) is 64.0 Å². The molecule has 2 aliphatic carbocycles. The molecule has 2 aliphatic heterocycles. The Morgan fingerprint density at radius 1 is 0.672 bits per heavy atom. The zero-order valence-corrected chi connectivity index (χ0v) is 36.6. The van der Waals surface area contributed by atoms with Crippen LogP contribution in [0.5, 0.6) is 17.2 Å². The molecule has 0 spiro atoms. The minimum atomic E-state index is -1.01. The minimum absolute atomic E-state index is 0.174. The Bertz CT molecular complexity index is 2750. The van der Waals surface area contributed by atoms with Crippen LogP contribution >= 0.6 is 0 Å². The molecule has 2 atom stereocenters. The van der Waals surface area contributed by atoms with E-state index in [9.17, 15) is 24.3 Å². The number of hydrogen-bond donors (Lipinski definition) is 1. The van der Waals surface area contributed by atoms with Crippen LogP contribution in [0.2, 0.25) is 0 Å². The molecule has 10 rings (SSSR count). The Balaban J connectivity index is 0.000000162.